The number of imide groups is 1. The number of nitrogens with two attached hydrogens (primary N) is 2. The van der Waals surface area contributed by atoms with E-state index in [-0.39, 0.29) is 29.9 Å². The minimum absolute atomic E-state index is 0.0921. The lowest BCUT2D eigenvalue weighted by Crippen LogP contribution is -2.48. The standard InChI is InChI=1S/C33H47N9O5S/c1-3-4-5-9-36-30-29-25(37-33(35)38-30)8-10-41(29)20-23-7-6-22(17-26(23)47-2)19-40-13-11-39(12-14-40)15-16-42-28(43)18-27(31(42)44)48-21-24(34)32(45)46/h6-8,10,17,24,27H,3-5,9,11-16,18-21,34H2,1-2H3,(H,45,46)(H3,35,36,37,38). The number of carbonyl (C=O) groups excluding carboxylic acids is 2. The van der Waals surface area contributed by atoms with Gasteiger partial charge in [0.25, 0.3) is 0 Å². The van der Waals surface area contributed by atoms with Gasteiger partial charge in [-0.3, -0.25) is 29.1 Å². The number of ether oxygens (including phenoxy) is 1. The van der Waals surface area contributed by atoms with Crippen LogP contribution in [0, 0.1) is 0 Å². The molecule has 2 aliphatic rings. The first-order valence-electron chi connectivity index (χ1n) is 16.6. The molecule has 2 aromatic heterocycles. The van der Waals surface area contributed by atoms with E-state index in [1.165, 1.54) is 4.90 Å². The van der Waals surface area contributed by atoms with E-state index in [1.54, 1.807) is 7.11 Å². The maximum Gasteiger partial charge on any atom is 0.321 e. The zero-order valence-electron chi connectivity index (χ0n) is 27.8. The monoisotopic (exact) mass is 681 g/mol. The number of piperazine rings is 1. The number of hydrogen-bond acceptors (Lipinski definition) is 12. The van der Waals surface area contributed by atoms with Gasteiger partial charge in [0.05, 0.1) is 24.4 Å². The van der Waals surface area contributed by atoms with Crippen molar-refractivity contribution in [2.75, 3.05) is 69.7 Å². The van der Waals surface area contributed by atoms with Gasteiger partial charge < -0.3 is 31.2 Å². The zero-order valence-corrected chi connectivity index (χ0v) is 28.6. The number of thioether (sulfide) groups is 1. The minimum Gasteiger partial charge on any atom is -0.496 e. The molecule has 3 aromatic rings. The summed E-state index contributed by atoms with van der Waals surface area (Å²) in [7, 11) is 1.70. The van der Waals surface area contributed by atoms with Gasteiger partial charge in [-0.1, -0.05) is 31.9 Å². The number of carboxylic acids is 1. The molecule has 5 rings (SSSR count). The number of methoxy groups -OCH3 is 1. The fraction of sp³-hybridized carbons (Fsp3) is 0.545. The molecule has 0 aliphatic carbocycles. The molecule has 260 valence electrons. The minimum atomic E-state index is -1.12. The third-order valence-corrected chi connectivity index (χ3v) is 10.2. The van der Waals surface area contributed by atoms with Crippen molar-refractivity contribution in [2.45, 2.75) is 57.0 Å². The Morgan fingerprint density at radius 2 is 1.88 bits per heavy atom. The smallest absolute Gasteiger partial charge is 0.321 e. The third kappa shape index (κ3) is 8.75. The maximum atomic E-state index is 12.8. The highest BCUT2D eigenvalue weighted by molar-refractivity contribution is 8.00. The van der Waals surface area contributed by atoms with Crippen LogP contribution in [0.25, 0.3) is 11.0 Å². The number of carbonyl (C=O) groups is 3. The second-order valence-corrected chi connectivity index (χ2v) is 13.6. The highest BCUT2D eigenvalue weighted by Crippen LogP contribution is 2.28. The van der Waals surface area contributed by atoms with Crippen molar-refractivity contribution in [1.82, 2.24) is 29.2 Å². The van der Waals surface area contributed by atoms with Crippen LogP contribution < -0.4 is 21.5 Å². The first-order valence-corrected chi connectivity index (χ1v) is 17.6. The number of aliphatic carboxylic acids is 1. The Morgan fingerprint density at radius 1 is 1.10 bits per heavy atom. The highest BCUT2D eigenvalue weighted by atomic mass is 32.2. The first kappa shape index (κ1) is 35.4. The van der Waals surface area contributed by atoms with Gasteiger partial charge in [-0.15, -0.1) is 11.8 Å². The molecule has 2 aliphatic heterocycles. The van der Waals surface area contributed by atoms with Crippen LogP contribution in [0.15, 0.2) is 30.5 Å². The van der Waals surface area contributed by atoms with E-state index < -0.39 is 17.3 Å². The van der Waals surface area contributed by atoms with Gasteiger partial charge in [0, 0.05) is 76.3 Å². The van der Waals surface area contributed by atoms with E-state index in [9.17, 15) is 14.4 Å². The molecular weight excluding hydrogens is 634 g/mol. The van der Waals surface area contributed by atoms with E-state index in [1.807, 2.05) is 12.3 Å². The molecular formula is C33H47N9O5S. The number of nitrogens with zero attached hydrogens (tertiary/aromatic N) is 6. The molecule has 6 N–H and O–H groups in total. The molecule has 4 heterocycles. The molecule has 14 nitrogen and oxygen atoms in total. The average molecular weight is 682 g/mol. The Hall–Kier alpha value is -3.92. The Bertz CT molecular complexity index is 1590. The maximum absolute atomic E-state index is 12.8. The third-order valence-electron chi connectivity index (χ3n) is 8.90. The predicted molar refractivity (Wildman–Crippen MR) is 187 cm³/mol. The molecule has 0 saturated carbocycles. The summed E-state index contributed by atoms with van der Waals surface area (Å²) in [4.78, 5) is 51.2. The summed E-state index contributed by atoms with van der Waals surface area (Å²) in [6, 6.07) is 7.28. The van der Waals surface area contributed by atoms with Crippen molar-refractivity contribution < 1.29 is 24.2 Å². The van der Waals surface area contributed by atoms with Gasteiger partial charge in [0.15, 0.2) is 5.82 Å². The molecule has 2 amide bonds. The number of amides is 2. The molecule has 1 aromatic carbocycles. The number of aromatic nitrogens is 3. The van der Waals surface area contributed by atoms with E-state index >= 15 is 0 Å². The Morgan fingerprint density at radius 3 is 2.60 bits per heavy atom. The van der Waals surface area contributed by atoms with Crippen molar-refractivity contribution in [3.05, 3.63) is 41.6 Å². The second kappa shape index (κ2) is 16.5. The average Bonchev–Trinajstić information content (AvgIpc) is 3.60. The molecule has 0 radical (unpaired) electrons. The van der Waals surface area contributed by atoms with Crippen LogP contribution in [0.4, 0.5) is 11.8 Å². The van der Waals surface area contributed by atoms with Crippen LogP contribution in [0.1, 0.15) is 43.7 Å². The van der Waals surface area contributed by atoms with Gasteiger partial charge in [-0.25, -0.2) is 4.98 Å². The molecule has 2 unspecified atom stereocenters. The fourth-order valence-corrected chi connectivity index (χ4v) is 7.26. The lowest BCUT2D eigenvalue weighted by atomic mass is 10.1. The lowest BCUT2D eigenvalue weighted by molar-refractivity contribution is -0.139. The number of carboxylic acid groups (broad SMARTS) is 1. The summed E-state index contributed by atoms with van der Waals surface area (Å²) in [6.45, 7) is 8.73. The van der Waals surface area contributed by atoms with Gasteiger partial charge in [0.1, 0.15) is 17.3 Å². The van der Waals surface area contributed by atoms with E-state index in [4.69, 9.17) is 21.3 Å². The predicted octanol–water partition coefficient (Wildman–Crippen LogP) is 2.06. The van der Waals surface area contributed by atoms with Crippen molar-refractivity contribution in [3.63, 3.8) is 0 Å². The normalized spacial score (nSPS) is 18.1. The number of likely N-dealkylation sites (tertiary alicyclic amines) is 1. The number of unbranched alkanes of at least 4 members (excludes halogenated alkanes) is 2. The van der Waals surface area contributed by atoms with Gasteiger partial charge in [-0.05, 0) is 24.1 Å². The molecule has 2 fully saturated rings. The van der Waals surface area contributed by atoms with Gasteiger partial charge in [0.2, 0.25) is 17.8 Å². The second-order valence-electron chi connectivity index (χ2n) is 12.4. The van der Waals surface area contributed by atoms with E-state index in [2.05, 4.69) is 54.8 Å². The van der Waals surface area contributed by atoms with Crippen molar-refractivity contribution in [2.24, 2.45) is 5.73 Å². The van der Waals surface area contributed by atoms with Crippen molar-refractivity contribution in [3.8, 4) is 5.75 Å². The summed E-state index contributed by atoms with van der Waals surface area (Å²) in [5.41, 5.74) is 15.5. The Labute approximate surface area is 285 Å². The summed E-state index contributed by atoms with van der Waals surface area (Å²) in [5, 5.41) is 11.9. The molecule has 15 heteroatoms. The number of hydrogen-bond donors (Lipinski definition) is 4. The molecule has 48 heavy (non-hydrogen) atoms. The molecule has 2 atom stereocenters. The van der Waals surface area contributed by atoms with Gasteiger partial charge >= 0.3 is 5.97 Å². The zero-order chi connectivity index (χ0) is 34.2. The van der Waals surface area contributed by atoms with Crippen LogP contribution in [0.5, 0.6) is 5.75 Å². The Balaban J connectivity index is 1.12. The largest absolute Gasteiger partial charge is 0.496 e. The molecule has 0 spiro atoms. The molecule has 2 saturated heterocycles. The van der Waals surface area contributed by atoms with Crippen LogP contribution in [0.2, 0.25) is 0 Å². The number of rotatable bonds is 17. The number of fused-ring (bicyclic) bond motifs is 1. The topological polar surface area (TPSA) is 185 Å². The lowest BCUT2D eigenvalue weighted by Gasteiger charge is -2.35. The van der Waals surface area contributed by atoms with Crippen LogP contribution >= 0.6 is 11.8 Å². The van der Waals surface area contributed by atoms with Gasteiger partial charge in [-0.2, -0.15) is 4.98 Å². The van der Waals surface area contributed by atoms with Crippen molar-refractivity contribution in [1.29, 1.82) is 0 Å². The Kier molecular flexibility index (Phi) is 12.1. The van der Waals surface area contributed by atoms with Crippen LogP contribution in [0.3, 0.4) is 0 Å². The number of benzene rings is 1. The summed E-state index contributed by atoms with van der Waals surface area (Å²) < 4.78 is 7.97. The van der Waals surface area contributed by atoms with Crippen molar-refractivity contribution >= 4 is 52.3 Å². The quantitative estimate of drug-likeness (QED) is 0.120. The first-order chi connectivity index (χ1) is 23.2. The summed E-state index contributed by atoms with van der Waals surface area (Å²) in [5.74, 6) is 0.340. The highest BCUT2D eigenvalue weighted by Gasteiger charge is 2.39. The van der Waals surface area contributed by atoms with Crippen LogP contribution in [-0.4, -0.2) is 122 Å². The van der Waals surface area contributed by atoms with E-state index in [0.29, 0.717) is 19.6 Å². The number of nitrogen functional groups attached to an aromatic ring is 1. The SMILES string of the molecule is CCCCCNc1nc(N)nc2ccn(Cc3ccc(CN4CCN(CCN5C(=O)CC(SCC(N)C(=O)O)C5=O)CC4)cc3OC)c12. The number of nitrogens with one attached hydrogen (secondary N) is 1. The van der Waals surface area contributed by atoms with E-state index in [0.717, 1.165) is 104 Å². The molecule has 0 bridgehead atoms. The summed E-state index contributed by atoms with van der Waals surface area (Å²) >= 11 is 1.15. The van der Waals surface area contributed by atoms with Crippen LogP contribution in [-0.2, 0) is 27.5 Å². The fourth-order valence-electron chi connectivity index (χ4n) is 6.14. The number of anilines is 2. The summed E-state index contributed by atoms with van der Waals surface area (Å²) in [6.07, 6.45) is 5.45.